The summed E-state index contributed by atoms with van der Waals surface area (Å²) in [5.74, 6) is 1.49. The molecule has 0 atom stereocenters. The highest BCUT2D eigenvalue weighted by atomic mass is 16.3. The van der Waals surface area contributed by atoms with Crippen molar-refractivity contribution in [2.24, 2.45) is 10.4 Å². The number of aliphatic imine (C=N–C) groups is 1. The van der Waals surface area contributed by atoms with Gasteiger partial charge in [0.05, 0.1) is 6.54 Å². The van der Waals surface area contributed by atoms with Crippen LogP contribution in [-0.2, 0) is 6.54 Å². The van der Waals surface area contributed by atoms with E-state index in [0.29, 0.717) is 17.9 Å². The second-order valence-corrected chi connectivity index (χ2v) is 7.08. The summed E-state index contributed by atoms with van der Waals surface area (Å²) in [6, 6.07) is 9.93. The number of hydrogen-bond donors (Lipinski definition) is 2. The van der Waals surface area contributed by atoms with Crippen molar-refractivity contribution in [3.05, 3.63) is 42.3 Å². The summed E-state index contributed by atoms with van der Waals surface area (Å²) < 4.78 is 5.58. The predicted molar refractivity (Wildman–Crippen MR) is 101 cm³/mol. The summed E-state index contributed by atoms with van der Waals surface area (Å²) in [5.41, 5.74) is 2.21. The summed E-state index contributed by atoms with van der Waals surface area (Å²) in [6.07, 6.45) is 6.96. The Bertz CT molecular complexity index is 687. The second kappa shape index (κ2) is 8.19. The maximum absolute atomic E-state index is 5.58. The molecule has 25 heavy (non-hydrogen) atoms. The minimum absolute atomic E-state index is 0.393. The van der Waals surface area contributed by atoms with Gasteiger partial charge < -0.3 is 15.1 Å². The Morgan fingerprint density at radius 3 is 2.68 bits per heavy atom. The first-order valence-corrected chi connectivity index (χ1v) is 9.20. The largest absolute Gasteiger partial charge is 0.444 e. The third-order valence-corrected chi connectivity index (χ3v) is 4.81. The smallest absolute Gasteiger partial charge is 0.226 e. The van der Waals surface area contributed by atoms with Gasteiger partial charge in [-0.2, -0.15) is 0 Å². The SMILES string of the molecule is CCNC(=NCc1coc(-c2ccccc2)n1)NCC1(C)CCCC1. The van der Waals surface area contributed by atoms with Crippen molar-refractivity contribution >= 4 is 5.96 Å². The lowest BCUT2D eigenvalue weighted by molar-refractivity contribution is 0.334. The Hall–Kier alpha value is -2.30. The van der Waals surface area contributed by atoms with Crippen molar-refractivity contribution in [3.63, 3.8) is 0 Å². The van der Waals surface area contributed by atoms with Gasteiger partial charge in [0.1, 0.15) is 12.0 Å². The molecule has 1 aliphatic carbocycles. The van der Waals surface area contributed by atoms with Crippen LogP contribution < -0.4 is 10.6 Å². The lowest BCUT2D eigenvalue weighted by atomic mass is 9.89. The first-order valence-electron chi connectivity index (χ1n) is 9.20. The van der Waals surface area contributed by atoms with E-state index in [1.165, 1.54) is 25.7 Å². The first-order chi connectivity index (χ1) is 12.2. The summed E-state index contributed by atoms with van der Waals surface area (Å²) in [4.78, 5) is 9.19. The van der Waals surface area contributed by atoms with Gasteiger partial charge in [-0.25, -0.2) is 9.98 Å². The molecule has 0 unspecified atom stereocenters. The standard InChI is InChI=1S/C20H28N4O/c1-3-21-19(23-15-20(2)11-7-8-12-20)22-13-17-14-25-18(24-17)16-9-5-4-6-10-16/h4-6,9-10,14H,3,7-8,11-13,15H2,1-2H3,(H2,21,22,23). The van der Waals surface area contributed by atoms with Crippen molar-refractivity contribution in [2.75, 3.05) is 13.1 Å². The van der Waals surface area contributed by atoms with Gasteiger partial charge in [-0.05, 0) is 37.3 Å². The summed E-state index contributed by atoms with van der Waals surface area (Å²) in [7, 11) is 0. The molecule has 0 radical (unpaired) electrons. The van der Waals surface area contributed by atoms with Crippen LogP contribution in [0.3, 0.4) is 0 Å². The van der Waals surface area contributed by atoms with Crippen molar-refractivity contribution in [1.29, 1.82) is 0 Å². The molecule has 1 fully saturated rings. The molecule has 1 aliphatic rings. The Morgan fingerprint density at radius 2 is 1.96 bits per heavy atom. The fourth-order valence-corrected chi connectivity index (χ4v) is 3.30. The molecular formula is C20H28N4O. The zero-order valence-electron chi connectivity index (χ0n) is 15.2. The summed E-state index contributed by atoms with van der Waals surface area (Å²) in [5, 5.41) is 6.81. The van der Waals surface area contributed by atoms with E-state index in [0.717, 1.165) is 30.3 Å². The topological polar surface area (TPSA) is 62.5 Å². The zero-order chi connectivity index (χ0) is 17.5. The van der Waals surface area contributed by atoms with Gasteiger partial charge in [-0.15, -0.1) is 0 Å². The molecule has 0 amide bonds. The molecule has 3 rings (SSSR count). The van der Waals surface area contributed by atoms with Crippen molar-refractivity contribution in [2.45, 2.75) is 46.1 Å². The van der Waals surface area contributed by atoms with Gasteiger partial charge in [0.2, 0.25) is 5.89 Å². The van der Waals surface area contributed by atoms with E-state index in [1.807, 2.05) is 30.3 Å². The maximum atomic E-state index is 5.58. The van der Waals surface area contributed by atoms with Gasteiger partial charge in [0.25, 0.3) is 0 Å². The third-order valence-electron chi connectivity index (χ3n) is 4.81. The van der Waals surface area contributed by atoms with Crippen LogP contribution in [0.2, 0.25) is 0 Å². The van der Waals surface area contributed by atoms with Gasteiger partial charge in [-0.3, -0.25) is 0 Å². The number of oxazole rings is 1. The number of benzene rings is 1. The van der Waals surface area contributed by atoms with Crippen LogP contribution in [0.1, 0.15) is 45.2 Å². The average Bonchev–Trinajstić information content (AvgIpc) is 3.28. The quantitative estimate of drug-likeness (QED) is 0.617. The Balaban J connectivity index is 1.60. The highest BCUT2D eigenvalue weighted by Crippen LogP contribution is 2.36. The lowest BCUT2D eigenvalue weighted by Gasteiger charge is -2.25. The van der Waals surface area contributed by atoms with Crippen LogP contribution in [0.15, 0.2) is 46.0 Å². The van der Waals surface area contributed by atoms with E-state index in [9.17, 15) is 0 Å². The number of hydrogen-bond acceptors (Lipinski definition) is 3. The second-order valence-electron chi connectivity index (χ2n) is 7.08. The van der Waals surface area contributed by atoms with E-state index in [1.54, 1.807) is 6.26 Å². The number of nitrogens with one attached hydrogen (secondary N) is 2. The first kappa shape index (κ1) is 17.5. The third kappa shape index (κ3) is 4.84. The average molecular weight is 340 g/mol. The van der Waals surface area contributed by atoms with Gasteiger partial charge >= 0.3 is 0 Å². The van der Waals surface area contributed by atoms with E-state index in [4.69, 9.17) is 4.42 Å². The number of guanidine groups is 1. The Labute approximate surface area is 150 Å². The van der Waals surface area contributed by atoms with Crippen LogP contribution >= 0.6 is 0 Å². The fraction of sp³-hybridized carbons (Fsp3) is 0.500. The van der Waals surface area contributed by atoms with Crippen molar-refractivity contribution in [1.82, 2.24) is 15.6 Å². The van der Waals surface area contributed by atoms with Crippen molar-refractivity contribution < 1.29 is 4.42 Å². The summed E-state index contributed by atoms with van der Waals surface area (Å²) in [6.45, 7) is 6.75. The highest BCUT2D eigenvalue weighted by Gasteiger charge is 2.28. The van der Waals surface area contributed by atoms with Crippen LogP contribution in [0.25, 0.3) is 11.5 Å². The van der Waals surface area contributed by atoms with Crippen LogP contribution in [0.5, 0.6) is 0 Å². The van der Waals surface area contributed by atoms with Crippen LogP contribution in [0, 0.1) is 5.41 Å². The normalized spacial score (nSPS) is 16.8. The fourth-order valence-electron chi connectivity index (χ4n) is 3.30. The maximum Gasteiger partial charge on any atom is 0.226 e. The van der Waals surface area contributed by atoms with Crippen molar-refractivity contribution in [3.8, 4) is 11.5 Å². The molecule has 0 aliphatic heterocycles. The molecule has 1 aromatic heterocycles. The Morgan fingerprint density at radius 1 is 1.20 bits per heavy atom. The molecule has 134 valence electrons. The van der Waals surface area contributed by atoms with Crippen LogP contribution in [-0.4, -0.2) is 24.0 Å². The molecule has 5 heteroatoms. The molecule has 2 aromatic rings. The molecule has 1 aromatic carbocycles. The molecule has 0 saturated heterocycles. The van der Waals surface area contributed by atoms with Gasteiger partial charge in [-0.1, -0.05) is 38.0 Å². The molecular weight excluding hydrogens is 312 g/mol. The molecule has 5 nitrogen and oxygen atoms in total. The number of rotatable bonds is 6. The lowest BCUT2D eigenvalue weighted by Crippen LogP contribution is -2.42. The van der Waals surface area contributed by atoms with Gasteiger partial charge in [0.15, 0.2) is 5.96 Å². The zero-order valence-corrected chi connectivity index (χ0v) is 15.2. The molecule has 0 spiro atoms. The van der Waals surface area contributed by atoms with Gasteiger partial charge in [0, 0.05) is 18.7 Å². The van der Waals surface area contributed by atoms with Crippen LogP contribution in [0.4, 0.5) is 0 Å². The van der Waals surface area contributed by atoms with E-state index < -0.39 is 0 Å². The van der Waals surface area contributed by atoms with E-state index >= 15 is 0 Å². The molecule has 2 N–H and O–H groups in total. The molecule has 1 heterocycles. The minimum atomic E-state index is 0.393. The number of nitrogens with zero attached hydrogens (tertiary/aromatic N) is 2. The highest BCUT2D eigenvalue weighted by molar-refractivity contribution is 5.79. The van der Waals surface area contributed by atoms with E-state index in [2.05, 4.69) is 34.5 Å². The molecule has 0 bridgehead atoms. The predicted octanol–water partition coefficient (Wildman–Crippen LogP) is 3.98. The number of aromatic nitrogens is 1. The monoisotopic (exact) mass is 340 g/mol. The Kier molecular flexibility index (Phi) is 5.74. The summed E-state index contributed by atoms with van der Waals surface area (Å²) >= 11 is 0. The minimum Gasteiger partial charge on any atom is -0.444 e. The molecule has 1 saturated carbocycles. The van der Waals surface area contributed by atoms with E-state index in [-0.39, 0.29) is 0 Å².